The van der Waals surface area contributed by atoms with Crippen molar-refractivity contribution in [3.05, 3.63) is 22.4 Å². The molecule has 0 aliphatic heterocycles. The molecule has 1 atom stereocenters. The third-order valence-corrected chi connectivity index (χ3v) is 5.21. The van der Waals surface area contributed by atoms with Crippen LogP contribution in [0, 0.1) is 11.2 Å². The van der Waals surface area contributed by atoms with Crippen LogP contribution in [0.5, 0.6) is 0 Å². The number of sulfonamides is 1. The van der Waals surface area contributed by atoms with Gasteiger partial charge in [0, 0.05) is 16.2 Å². The van der Waals surface area contributed by atoms with E-state index >= 15 is 0 Å². The lowest BCUT2D eigenvalue weighted by Gasteiger charge is -2.27. The van der Waals surface area contributed by atoms with Crippen molar-refractivity contribution in [2.24, 2.45) is 5.41 Å². The Kier molecular flexibility index (Phi) is 4.64. The first kappa shape index (κ1) is 16.4. The minimum absolute atomic E-state index is 0.171. The second-order valence-corrected chi connectivity index (χ2v) is 8.05. The molecule has 0 amide bonds. The molecule has 0 aliphatic carbocycles. The van der Waals surface area contributed by atoms with Gasteiger partial charge in [0.25, 0.3) is 0 Å². The maximum Gasteiger partial charge on any atom is 0.243 e. The molecule has 0 fully saturated rings. The molecule has 1 rings (SSSR count). The zero-order valence-corrected chi connectivity index (χ0v) is 13.7. The van der Waals surface area contributed by atoms with Crippen LogP contribution in [0.3, 0.4) is 0 Å². The number of nitrogens with one attached hydrogen (secondary N) is 1. The van der Waals surface area contributed by atoms with Crippen LogP contribution in [-0.4, -0.2) is 14.5 Å². The van der Waals surface area contributed by atoms with Gasteiger partial charge in [-0.2, -0.15) is 0 Å². The lowest BCUT2D eigenvalue weighted by molar-refractivity contribution is 0.317. The van der Waals surface area contributed by atoms with E-state index in [2.05, 4.69) is 20.7 Å². The van der Waals surface area contributed by atoms with Gasteiger partial charge >= 0.3 is 0 Å². The first-order valence-corrected chi connectivity index (χ1v) is 7.99. The summed E-state index contributed by atoms with van der Waals surface area (Å²) in [6.45, 7) is 7.42. The largest absolute Gasteiger partial charge is 0.398 e. The predicted molar refractivity (Wildman–Crippen MR) is 77.8 cm³/mol. The van der Waals surface area contributed by atoms with Crippen LogP contribution < -0.4 is 10.5 Å². The fourth-order valence-electron chi connectivity index (χ4n) is 1.22. The molecule has 7 heteroatoms. The molecule has 4 nitrogen and oxygen atoms in total. The fraction of sp³-hybridized carbons (Fsp3) is 0.500. The Morgan fingerprint density at radius 1 is 1.37 bits per heavy atom. The van der Waals surface area contributed by atoms with Crippen molar-refractivity contribution in [1.82, 2.24) is 4.72 Å². The Labute approximate surface area is 121 Å². The van der Waals surface area contributed by atoms with Gasteiger partial charge in [-0.15, -0.1) is 0 Å². The summed E-state index contributed by atoms with van der Waals surface area (Å²) in [7, 11) is -3.94. The number of hydrogen-bond acceptors (Lipinski definition) is 3. The third kappa shape index (κ3) is 3.90. The Morgan fingerprint density at radius 3 is 2.37 bits per heavy atom. The third-order valence-electron chi connectivity index (χ3n) is 2.97. The molecule has 0 bridgehead atoms. The van der Waals surface area contributed by atoms with Crippen molar-refractivity contribution < 1.29 is 12.8 Å². The van der Waals surface area contributed by atoms with Crippen LogP contribution >= 0.6 is 15.9 Å². The molecule has 0 spiro atoms. The van der Waals surface area contributed by atoms with Crippen LogP contribution in [0.25, 0.3) is 0 Å². The number of nitrogens with two attached hydrogens (primary N) is 1. The second kappa shape index (κ2) is 5.38. The Morgan fingerprint density at radius 2 is 1.89 bits per heavy atom. The van der Waals surface area contributed by atoms with Gasteiger partial charge in [0.05, 0.1) is 0 Å². The maximum absolute atomic E-state index is 13.8. The van der Waals surface area contributed by atoms with Crippen LogP contribution in [0.2, 0.25) is 0 Å². The van der Waals surface area contributed by atoms with Crippen molar-refractivity contribution in [2.75, 3.05) is 5.73 Å². The molecular weight excluding hydrogens is 335 g/mol. The van der Waals surface area contributed by atoms with Gasteiger partial charge in [0.15, 0.2) is 0 Å². The van der Waals surface area contributed by atoms with Gasteiger partial charge in [-0.05, 0) is 40.4 Å². The van der Waals surface area contributed by atoms with Crippen LogP contribution in [0.4, 0.5) is 10.1 Å². The number of nitrogen functional groups attached to an aromatic ring is 1. The molecule has 3 N–H and O–H groups in total. The average molecular weight is 353 g/mol. The van der Waals surface area contributed by atoms with Crippen LogP contribution in [0.15, 0.2) is 21.5 Å². The second-order valence-electron chi connectivity index (χ2n) is 5.51. The van der Waals surface area contributed by atoms with Crippen molar-refractivity contribution in [3.8, 4) is 0 Å². The van der Waals surface area contributed by atoms with E-state index in [1.807, 2.05) is 20.8 Å². The van der Waals surface area contributed by atoms with Gasteiger partial charge in [-0.25, -0.2) is 17.5 Å². The van der Waals surface area contributed by atoms with E-state index in [1.54, 1.807) is 6.92 Å². The van der Waals surface area contributed by atoms with Crippen molar-refractivity contribution in [1.29, 1.82) is 0 Å². The summed E-state index contributed by atoms with van der Waals surface area (Å²) in [4.78, 5) is -0.440. The zero-order valence-electron chi connectivity index (χ0n) is 11.3. The summed E-state index contributed by atoms with van der Waals surface area (Å²) >= 11 is 3.05. The highest BCUT2D eigenvalue weighted by atomic mass is 79.9. The van der Waals surface area contributed by atoms with E-state index in [1.165, 1.54) is 0 Å². The van der Waals surface area contributed by atoms with Gasteiger partial charge in [0.1, 0.15) is 10.7 Å². The molecular formula is C12H18BrFN2O2S. The first-order valence-electron chi connectivity index (χ1n) is 5.72. The first-order chi connectivity index (χ1) is 8.45. The molecule has 0 heterocycles. The number of benzene rings is 1. The smallest absolute Gasteiger partial charge is 0.243 e. The zero-order chi connectivity index (χ0) is 15.0. The highest BCUT2D eigenvalue weighted by Crippen LogP contribution is 2.27. The molecule has 1 aromatic rings. The SMILES string of the molecule is CC(NS(=O)(=O)c1cc(N)c(Br)cc1F)C(C)(C)C. The van der Waals surface area contributed by atoms with Gasteiger partial charge < -0.3 is 5.73 Å². The average Bonchev–Trinajstić information content (AvgIpc) is 2.21. The molecule has 0 saturated heterocycles. The van der Waals surface area contributed by atoms with E-state index in [0.29, 0.717) is 4.47 Å². The fourth-order valence-corrected chi connectivity index (χ4v) is 3.08. The molecule has 0 saturated carbocycles. The minimum Gasteiger partial charge on any atom is -0.398 e. The monoisotopic (exact) mass is 352 g/mol. The number of anilines is 1. The molecule has 108 valence electrons. The quantitative estimate of drug-likeness (QED) is 0.821. The molecule has 0 radical (unpaired) electrons. The van der Waals surface area contributed by atoms with E-state index in [0.717, 1.165) is 12.1 Å². The standard InChI is InChI=1S/C12H18BrFN2O2S/c1-7(12(2,3)4)16-19(17,18)11-6-10(15)8(13)5-9(11)14/h5-7,16H,15H2,1-4H3. The summed E-state index contributed by atoms with van der Waals surface area (Å²) in [5.41, 5.74) is 5.50. The van der Waals surface area contributed by atoms with Gasteiger partial charge in [-0.1, -0.05) is 20.8 Å². The number of rotatable bonds is 3. The predicted octanol–water partition coefficient (Wildman–Crippen LogP) is 2.88. The van der Waals surface area contributed by atoms with Crippen LogP contribution in [0.1, 0.15) is 27.7 Å². The highest BCUT2D eigenvalue weighted by Gasteiger charge is 2.28. The molecule has 1 unspecified atom stereocenters. The summed E-state index contributed by atoms with van der Waals surface area (Å²) in [6.07, 6.45) is 0. The summed E-state index contributed by atoms with van der Waals surface area (Å²) < 4.78 is 40.9. The summed E-state index contributed by atoms with van der Waals surface area (Å²) in [5.74, 6) is -0.838. The summed E-state index contributed by atoms with van der Waals surface area (Å²) in [5, 5.41) is 0. The summed E-state index contributed by atoms with van der Waals surface area (Å²) in [6, 6.07) is 1.81. The van der Waals surface area contributed by atoms with Gasteiger partial charge in [-0.3, -0.25) is 0 Å². The van der Waals surface area contributed by atoms with E-state index in [9.17, 15) is 12.8 Å². The van der Waals surface area contributed by atoms with E-state index < -0.39 is 20.7 Å². The maximum atomic E-state index is 13.8. The number of halogens is 2. The molecule has 19 heavy (non-hydrogen) atoms. The lowest BCUT2D eigenvalue weighted by atomic mass is 9.89. The molecule has 0 aliphatic rings. The van der Waals surface area contributed by atoms with E-state index in [4.69, 9.17) is 5.73 Å². The lowest BCUT2D eigenvalue weighted by Crippen LogP contribution is -2.41. The number of hydrogen-bond donors (Lipinski definition) is 2. The minimum atomic E-state index is -3.94. The Bertz CT molecular complexity index is 582. The Hall–Kier alpha value is -0.660. The highest BCUT2D eigenvalue weighted by molar-refractivity contribution is 9.10. The van der Waals surface area contributed by atoms with Gasteiger partial charge in [0.2, 0.25) is 10.0 Å². The normalized spacial score (nSPS) is 14.4. The van der Waals surface area contributed by atoms with E-state index in [-0.39, 0.29) is 17.1 Å². The topological polar surface area (TPSA) is 72.2 Å². The van der Waals surface area contributed by atoms with Crippen molar-refractivity contribution >= 4 is 31.6 Å². The molecule has 0 aromatic heterocycles. The van der Waals surface area contributed by atoms with Crippen molar-refractivity contribution in [2.45, 2.75) is 38.6 Å². The molecule has 1 aromatic carbocycles. The van der Waals surface area contributed by atoms with Crippen LogP contribution in [-0.2, 0) is 10.0 Å². The van der Waals surface area contributed by atoms with Crippen molar-refractivity contribution in [3.63, 3.8) is 0 Å². The Balaban J connectivity index is 3.19.